The number of nitrogens with one attached hydrogen (secondary N) is 1. The number of rotatable bonds is 4. The third-order valence-corrected chi connectivity index (χ3v) is 3.51. The number of hydrogen-bond donors (Lipinski definition) is 2. The molecule has 0 aliphatic heterocycles. The first-order chi connectivity index (χ1) is 11.7. The SMILES string of the molecule is CO/C(=C\c1cccc(O)c1)C(=O)Nc1ccnc2ccccc12. The van der Waals surface area contributed by atoms with Gasteiger partial charge >= 0.3 is 0 Å². The number of anilines is 1. The summed E-state index contributed by atoms with van der Waals surface area (Å²) in [5.74, 6) is -0.113. The van der Waals surface area contributed by atoms with Crippen LogP contribution in [0.3, 0.4) is 0 Å². The number of benzene rings is 2. The number of pyridine rings is 1. The number of hydrogen-bond acceptors (Lipinski definition) is 4. The van der Waals surface area contributed by atoms with Crippen LogP contribution in [0.15, 0.2) is 66.6 Å². The first kappa shape index (κ1) is 15.6. The fourth-order valence-electron chi connectivity index (χ4n) is 2.37. The lowest BCUT2D eigenvalue weighted by atomic mass is 10.1. The Labute approximate surface area is 139 Å². The molecule has 0 radical (unpaired) electrons. The second-order valence-electron chi connectivity index (χ2n) is 5.14. The molecule has 0 bridgehead atoms. The van der Waals surface area contributed by atoms with E-state index in [1.807, 2.05) is 24.3 Å². The standard InChI is InChI=1S/C19H16N2O3/c1-24-18(12-13-5-4-6-14(22)11-13)19(23)21-17-9-10-20-16-8-3-2-7-15(16)17/h2-12,22H,1H3,(H,20,21,23)/b18-12-. The van der Waals surface area contributed by atoms with Gasteiger partial charge in [0.15, 0.2) is 5.76 Å². The molecule has 0 aliphatic carbocycles. The molecule has 1 heterocycles. The maximum Gasteiger partial charge on any atom is 0.290 e. The molecular weight excluding hydrogens is 304 g/mol. The number of methoxy groups -OCH3 is 1. The van der Waals surface area contributed by atoms with Crippen LogP contribution in [0.5, 0.6) is 5.75 Å². The van der Waals surface area contributed by atoms with Gasteiger partial charge in [-0.1, -0.05) is 30.3 Å². The van der Waals surface area contributed by atoms with Gasteiger partial charge in [-0.05, 0) is 35.9 Å². The highest BCUT2D eigenvalue weighted by molar-refractivity contribution is 6.09. The highest BCUT2D eigenvalue weighted by Gasteiger charge is 2.12. The van der Waals surface area contributed by atoms with Gasteiger partial charge in [0.2, 0.25) is 0 Å². The fourth-order valence-corrected chi connectivity index (χ4v) is 2.37. The third-order valence-electron chi connectivity index (χ3n) is 3.51. The average Bonchev–Trinajstić information content (AvgIpc) is 2.60. The lowest BCUT2D eigenvalue weighted by Gasteiger charge is -2.10. The van der Waals surface area contributed by atoms with Gasteiger partial charge in [-0.25, -0.2) is 0 Å². The predicted molar refractivity (Wildman–Crippen MR) is 93.5 cm³/mol. The number of ether oxygens (including phenoxy) is 1. The Kier molecular flexibility index (Phi) is 4.43. The van der Waals surface area contributed by atoms with Gasteiger partial charge in [-0.3, -0.25) is 9.78 Å². The van der Waals surface area contributed by atoms with Crippen LogP contribution >= 0.6 is 0 Å². The Morgan fingerprint density at radius 2 is 2.00 bits per heavy atom. The van der Waals surface area contributed by atoms with Crippen molar-refractivity contribution >= 4 is 28.6 Å². The zero-order valence-corrected chi connectivity index (χ0v) is 13.1. The van der Waals surface area contributed by atoms with Crippen LogP contribution in [0.25, 0.3) is 17.0 Å². The highest BCUT2D eigenvalue weighted by Crippen LogP contribution is 2.22. The normalized spacial score (nSPS) is 11.3. The Balaban J connectivity index is 1.89. The topological polar surface area (TPSA) is 71.5 Å². The predicted octanol–water partition coefficient (Wildman–Crippen LogP) is 3.57. The highest BCUT2D eigenvalue weighted by atomic mass is 16.5. The van der Waals surface area contributed by atoms with Crippen LogP contribution in [0.2, 0.25) is 0 Å². The van der Waals surface area contributed by atoms with Crippen LogP contribution < -0.4 is 5.32 Å². The molecule has 0 atom stereocenters. The molecule has 3 rings (SSSR count). The molecule has 3 aromatic rings. The third kappa shape index (κ3) is 3.35. The number of phenols is 1. The van der Waals surface area contributed by atoms with Crippen LogP contribution in [0, 0.1) is 0 Å². The van der Waals surface area contributed by atoms with Gasteiger partial charge in [-0.15, -0.1) is 0 Å². The van der Waals surface area contributed by atoms with Crippen LogP contribution in [0.4, 0.5) is 5.69 Å². The summed E-state index contributed by atoms with van der Waals surface area (Å²) in [4.78, 5) is 16.8. The summed E-state index contributed by atoms with van der Waals surface area (Å²) in [6.45, 7) is 0. The second kappa shape index (κ2) is 6.83. The van der Waals surface area contributed by atoms with Gasteiger partial charge in [0.1, 0.15) is 5.75 Å². The van der Waals surface area contributed by atoms with Crippen LogP contribution in [0.1, 0.15) is 5.56 Å². The van der Waals surface area contributed by atoms with Crippen molar-refractivity contribution in [1.82, 2.24) is 4.98 Å². The van der Waals surface area contributed by atoms with Crippen molar-refractivity contribution in [2.45, 2.75) is 0 Å². The van der Waals surface area contributed by atoms with Gasteiger partial charge in [0.05, 0.1) is 18.3 Å². The molecule has 0 aliphatic rings. The van der Waals surface area contributed by atoms with Gasteiger partial charge in [0.25, 0.3) is 5.91 Å². The molecule has 1 amide bonds. The molecule has 5 nitrogen and oxygen atoms in total. The molecule has 2 N–H and O–H groups in total. The average molecular weight is 320 g/mol. The Morgan fingerprint density at radius 1 is 1.17 bits per heavy atom. The van der Waals surface area contributed by atoms with Crippen molar-refractivity contribution in [1.29, 1.82) is 0 Å². The molecule has 0 unspecified atom stereocenters. The smallest absolute Gasteiger partial charge is 0.290 e. The molecule has 5 heteroatoms. The minimum absolute atomic E-state index is 0.125. The minimum atomic E-state index is -0.378. The number of aromatic nitrogens is 1. The largest absolute Gasteiger partial charge is 0.508 e. The number of carbonyl (C=O) groups is 1. The number of fused-ring (bicyclic) bond motifs is 1. The van der Waals surface area contributed by atoms with E-state index < -0.39 is 0 Å². The molecule has 2 aromatic carbocycles. The summed E-state index contributed by atoms with van der Waals surface area (Å²) in [7, 11) is 1.43. The lowest BCUT2D eigenvalue weighted by Crippen LogP contribution is -2.15. The second-order valence-corrected chi connectivity index (χ2v) is 5.14. The number of phenolic OH excluding ortho intramolecular Hbond substituents is 1. The van der Waals surface area contributed by atoms with E-state index in [2.05, 4.69) is 10.3 Å². The Hall–Kier alpha value is -3.34. The minimum Gasteiger partial charge on any atom is -0.508 e. The van der Waals surface area contributed by atoms with Crippen molar-refractivity contribution in [2.75, 3.05) is 12.4 Å². The molecule has 0 spiro atoms. The molecular formula is C19H16N2O3. The molecule has 0 saturated heterocycles. The number of aromatic hydroxyl groups is 1. The summed E-state index contributed by atoms with van der Waals surface area (Å²) in [5.41, 5.74) is 2.12. The summed E-state index contributed by atoms with van der Waals surface area (Å²) < 4.78 is 5.19. The Morgan fingerprint density at radius 3 is 2.79 bits per heavy atom. The van der Waals surface area contributed by atoms with Crippen molar-refractivity contribution in [3.8, 4) is 5.75 Å². The lowest BCUT2D eigenvalue weighted by molar-refractivity contribution is -0.115. The summed E-state index contributed by atoms with van der Waals surface area (Å²) in [6.07, 6.45) is 3.21. The number of nitrogens with zero attached hydrogens (tertiary/aromatic N) is 1. The van der Waals surface area contributed by atoms with E-state index in [0.717, 1.165) is 10.9 Å². The van der Waals surface area contributed by atoms with Crippen molar-refractivity contribution < 1.29 is 14.6 Å². The monoisotopic (exact) mass is 320 g/mol. The Bertz CT molecular complexity index is 914. The molecule has 1 aromatic heterocycles. The summed E-state index contributed by atoms with van der Waals surface area (Å²) >= 11 is 0. The van der Waals surface area contributed by atoms with E-state index in [4.69, 9.17) is 4.74 Å². The summed E-state index contributed by atoms with van der Waals surface area (Å²) in [5, 5.41) is 13.2. The van der Waals surface area contributed by atoms with E-state index in [-0.39, 0.29) is 17.4 Å². The zero-order chi connectivity index (χ0) is 16.9. The van der Waals surface area contributed by atoms with E-state index >= 15 is 0 Å². The summed E-state index contributed by atoms with van der Waals surface area (Å²) in [6, 6.07) is 15.9. The van der Waals surface area contributed by atoms with Crippen LogP contribution in [-0.4, -0.2) is 23.1 Å². The first-order valence-corrected chi connectivity index (χ1v) is 7.37. The first-order valence-electron chi connectivity index (χ1n) is 7.37. The van der Waals surface area contributed by atoms with Gasteiger partial charge in [-0.2, -0.15) is 0 Å². The van der Waals surface area contributed by atoms with E-state index in [1.54, 1.807) is 42.6 Å². The van der Waals surface area contributed by atoms with Crippen molar-refractivity contribution in [3.63, 3.8) is 0 Å². The number of carbonyl (C=O) groups excluding carboxylic acids is 1. The van der Waals surface area contributed by atoms with E-state index in [1.165, 1.54) is 7.11 Å². The molecule has 0 fully saturated rings. The molecule has 24 heavy (non-hydrogen) atoms. The van der Waals surface area contributed by atoms with Crippen molar-refractivity contribution in [3.05, 3.63) is 72.1 Å². The van der Waals surface area contributed by atoms with E-state index in [0.29, 0.717) is 11.3 Å². The van der Waals surface area contributed by atoms with Gasteiger partial charge < -0.3 is 15.2 Å². The fraction of sp³-hybridized carbons (Fsp3) is 0.0526. The van der Waals surface area contributed by atoms with Gasteiger partial charge in [0, 0.05) is 11.6 Å². The quantitative estimate of drug-likeness (QED) is 0.569. The maximum atomic E-state index is 12.5. The number of amides is 1. The molecule has 120 valence electrons. The van der Waals surface area contributed by atoms with Crippen molar-refractivity contribution in [2.24, 2.45) is 0 Å². The van der Waals surface area contributed by atoms with Crippen LogP contribution in [-0.2, 0) is 9.53 Å². The number of para-hydroxylation sites is 1. The zero-order valence-electron chi connectivity index (χ0n) is 13.1. The van der Waals surface area contributed by atoms with E-state index in [9.17, 15) is 9.90 Å². The molecule has 0 saturated carbocycles. The maximum absolute atomic E-state index is 12.5.